The van der Waals surface area contributed by atoms with Gasteiger partial charge in [-0.3, -0.25) is 14.9 Å². The van der Waals surface area contributed by atoms with E-state index in [1.54, 1.807) is 36.4 Å². The fraction of sp³-hybridized carbons (Fsp3) is 0.414. The van der Waals surface area contributed by atoms with E-state index in [0.29, 0.717) is 40.8 Å². The molecule has 0 aliphatic carbocycles. The van der Waals surface area contributed by atoms with Crippen LogP contribution in [0.4, 0.5) is 5.13 Å². The number of anilines is 1. The molecule has 1 saturated heterocycles. The summed E-state index contributed by atoms with van der Waals surface area (Å²) in [6, 6.07) is 12.1. The Morgan fingerprint density at radius 2 is 1.73 bits per heavy atom. The minimum atomic E-state index is -2.88. The first kappa shape index (κ1) is 30.5. The summed E-state index contributed by atoms with van der Waals surface area (Å²) in [4.78, 5) is 33.7. The highest BCUT2D eigenvalue weighted by Crippen LogP contribution is 2.28. The van der Waals surface area contributed by atoms with Crippen LogP contribution in [0.2, 0.25) is 0 Å². The summed E-state index contributed by atoms with van der Waals surface area (Å²) in [7, 11) is 0.168. The minimum Gasteiger partial charge on any atom is -0.493 e. The Morgan fingerprint density at radius 1 is 1.00 bits per heavy atom. The molecule has 2 heterocycles. The molecule has 0 saturated carbocycles. The summed E-state index contributed by atoms with van der Waals surface area (Å²) < 4.78 is 33.8. The SMILES string of the molecule is CCc1sc(NC(=O)c2cccc(CNC(=O)c3ccc(OC)c(OC)c3)c2)nc1CCCN1CCS(=O)(=O)CC1. The van der Waals surface area contributed by atoms with Gasteiger partial charge in [-0.2, -0.15) is 0 Å². The van der Waals surface area contributed by atoms with Gasteiger partial charge in [0.1, 0.15) is 0 Å². The number of amides is 2. The van der Waals surface area contributed by atoms with E-state index < -0.39 is 9.84 Å². The van der Waals surface area contributed by atoms with Crippen LogP contribution in [-0.2, 0) is 29.2 Å². The van der Waals surface area contributed by atoms with Gasteiger partial charge in [-0.15, -0.1) is 11.3 Å². The molecule has 1 aliphatic heterocycles. The number of thiazole rings is 1. The summed E-state index contributed by atoms with van der Waals surface area (Å²) in [6.45, 7) is 4.31. The number of hydrogen-bond acceptors (Lipinski definition) is 9. The zero-order valence-corrected chi connectivity index (χ0v) is 25.2. The quantitative estimate of drug-likeness (QED) is 0.323. The van der Waals surface area contributed by atoms with Gasteiger partial charge in [-0.25, -0.2) is 13.4 Å². The second-order valence-corrected chi connectivity index (χ2v) is 13.1. The molecule has 1 fully saturated rings. The van der Waals surface area contributed by atoms with Crippen molar-refractivity contribution >= 4 is 38.1 Å². The van der Waals surface area contributed by atoms with Crippen LogP contribution in [0.1, 0.15) is 50.2 Å². The second-order valence-electron chi connectivity index (χ2n) is 9.75. The molecule has 10 nitrogen and oxygen atoms in total. The first-order valence-electron chi connectivity index (χ1n) is 13.5. The molecule has 0 radical (unpaired) electrons. The van der Waals surface area contributed by atoms with Crippen molar-refractivity contribution in [3.8, 4) is 11.5 Å². The number of ether oxygens (including phenoxy) is 2. The van der Waals surface area contributed by atoms with Crippen LogP contribution in [0.15, 0.2) is 42.5 Å². The molecule has 2 amide bonds. The van der Waals surface area contributed by atoms with Crippen molar-refractivity contribution in [2.75, 3.05) is 50.7 Å². The van der Waals surface area contributed by atoms with Crippen molar-refractivity contribution in [3.63, 3.8) is 0 Å². The van der Waals surface area contributed by atoms with Gasteiger partial charge < -0.3 is 19.7 Å². The Hall–Kier alpha value is -3.48. The van der Waals surface area contributed by atoms with Crippen molar-refractivity contribution in [1.29, 1.82) is 0 Å². The van der Waals surface area contributed by atoms with Gasteiger partial charge in [0.05, 0.1) is 31.4 Å². The number of carbonyl (C=O) groups is 2. The van der Waals surface area contributed by atoms with E-state index in [-0.39, 0.29) is 29.9 Å². The summed E-state index contributed by atoms with van der Waals surface area (Å²) >= 11 is 1.48. The van der Waals surface area contributed by atoms with E-state index in [0.717, 1.165) is 41.9 Å². The Labute approximate surface area is 245 Å². The number of nitrogens with zero attached hydrogens (tertiary/aromatic N) is 2. The fourth-order valence-electron chi connectivity index (χ4n) is 4.61. The normalized spacial score (nSPS) is 14.8. The van der Waals surface area contributed by atoms with Gasteiger partial charge in [0, 0.05) is 35.6 Å². The van der Waals surface area contributed by atoms with Crippen LogP contribution in [0.25, 0.3) is 0 Å². The topological polar surface area (TPSA) is 127 Å². The number of rotatable bonds is 12. The van der Waals surface area contributed by atoms with Crippen LogP contribution in [0.3, 0.4) is 0 Å². The van der Waals surface area contributed by atoms with Crippen LogP contribution in [-0.4, -0.2) is 75.5 Å². The Balaban J connectivity index is 1.31. The van der Waals surface area contributed by atoms with Crippen molar-refractivity contribution < 1.29 is 27.5 Å². The fourth-order valence-corrected chi connectivity index (χ4v) is 6.83. The number of benzene rings is 2. The summed E-state index contributed by atoms with van der Waals surface area (Å²) in [6.07, 6.45) is 2.47. The van der Waals surface area contributed by atoms with E-state index >= 15 is 0 Å². The Kier molecular flexibility index (Phi) is 10.4. The lowest BCUT2D eigenvalue weighted by molar-refractivity contribution is 0.0950. The molecule has 1 aliphatic rings. The molecule has 0 unspecified atom stereocenters. The molecule has 4 rings (SSSR count). The lowest BCUT2D eigenvalue weighted by Crippen LogP contribution is -2.40. The number of aryl methyl sites for hydroxylation is 2. The minimum absolute atomic E-state index is 0.228. The number of hydrogen-bond donors (Lipinski definition) is 2. The molecular formula is C29H36N4O6S2. The number of aromatic nitrogens is 1. The maximum atomic E-state index is 13.0. The van der Waals surface area contributed by atoms with Gasteiger partial charge in [-0.05, 0) is 61.7 Å². The van der Waals surface area contributed by atoms with Crippen LogP contribution in [0, 0.1) is 0 Å². The van der Waals surface area contributed by atoms with Gasteiger partial charge in [-0.1, -0.05) is 19.1 Å². The molecule has 220 valence electrons. The first-order valence-corrected chi connectivity index (χ1v) is 16.2. The van der Waals surface area contributed by atoms with E-state index in [1.807, 2.05) is 6.07 Å². The molecule has 2 N–H and O–H groups in total. The molecule has 3 aromatic rings. The van der Waals surface area contributed by atoms with Crippen molar-refractivity contribution in [2.24, 2.45) is 0 Å². The summed E-state index contributed by atoms with van der Waals surface area (Å²) in [5.41, 5.74) is 2.67. The molecule has 12 heteroatoms. The van der Waals surface area contributed by atoms with Crippen LogP contribution >= 0.6 is 11.3 Å². The molecule has 0 atom stereocenters. The van der Waals surface area contributed by atoms with Crippen LogP contribution < -0.4 is 20.1 Å². The molecule has 0 bridgehead atoms. The average Bonchev–Trinajstić information content (AvgIpc) is 3.37. The second kappa shape index (κ2) is 13.9. The molecule has 1 aromatic heterocycles. The standard InChI is InChI=1S/C29H36N4O6S2/c1-4-26-23(9-6-12-33-13-15-41(36,37)16-14-33)31-29(40-26)32-28(35)21-8-5-7-20(17-21)19-30-27(34)22-10-11-24(38-2)25(18-22)39-3/h5,7-8,10-11,17-18H,4,6,9,12-16,19H2,1-3H3,(H,30,34)(H,31,32,35). The van der Waals surface area contributed by atoms with Gasteiger partial charge >= 0.3 is 0 Å². The predicted octanol–water partition coefficient (Wildman–Crippen LogP) is 3.57. The third kappa shape index (κ3) is 8.27. The lowest BCUT2D eigenvalue weighted by Gasteiger charge is -2.26. The van der Waals surface area contributed by atoms with Crippen molar-refractivity contribution in [2.45, 2.75) is 32.7 Å². The number of sulfone groups is 1. The third-order valence-corrected chi connectivity index (χ3v) is 9.70. The number of nitrogens with one attached hydrogen (secondary N) is 2. The predicted molar refractivity (Wildman–Crippen MR) is 160 cm³/mol. The first-order chi connectivity index (χ1) is 19.7. The summed E-state index contributed by atoms with van der Waals surface area (Å²) in [5.74, 6) is 0.925. The molecule has 2 aromatic carbocycles. The van der Waals surface area contributed by atoms with E-state index in [9.17, 15) is 18.0 Å². The average molecular weight is 601 g/mol. The van der Waals surface area contributed by atoms with Gasteiger partial charge in [0.2, 0.25) is 0 Å². The highest BCUT2D eigenvalue weighted by molar-refractivity contribution is 7.91. The van der Waals surface area contributed by atoms with E-state index in [2.05, 4.69) is 22.5 Å². The van der Waals surface area contributed by atoms with Gasteiger partial charge in [0.25, 0.3) is 11.8 Å². The largest absolute Gasteiger partial charge is 0.493 e. The van der Waals surface area contributed by atoms with Gasteiger partial charge in [0.15, 0.2) is 26.5 Å². The van der Waals surface area contributed by atoms with E-state index in [1.165, 1.54) is 25.6 Å². The third-order valence-electron chi connectivity index (χ3n) is 6.93. The maximum absolute atomic E-state index is 13.0. The Bertz CT molecular complexity index is 1470. The van der Waals surface area contributed by atoms with Crippen LogP contribution in [0.5, 0.6) is 11.5 Å². The molecule has 0 spiro atoms. The number of carbonyl (C=O) groups excluding carboxylic acids is 2. The number of methoxy groups -OCH3 is 2. The lowest BCUT2D eigenvalue weighted by atomic mass is 10.1. The molecule has 41 heavy (non-hydrogen) atoms. The zero-order valence-electron chi connectivity index (χ0n) is 23.6. The monoisotopic (exact) mass is 600 g/mol. The Morgan fingerprint density at radius 3 is 2.44 bits per heavy atom. The van der Waals surface area contributed by atoms with Crippen molar-refractivity contribution in [3.05, 3.63) is 69.7 Å². The maximum Gasteiger partial charge on any atom is 0.257 e. The highest BCUT2D eigenvalue weighted by atomic mass is 32.2. The highest BCUT2D eigenvalue weighted by Gasteiger charge is 2.21. The molecular weight excluding hydrogens is 564 g/mol. The zero-order chi connectivity index (χ0) is 29.4. The van der Waals surface area contributed by atoms with Crippen molar-refractivity contribution in [1.82, 2.24) is 15.2 Å². The van der Waals surface area contributed by atoms with E-state index in [4.69, 9.17) is 14.5 Å². The summed E-state index contributed by atoms with van der Waals surface area (Å²) in [5, 5.41) is 6.35. The smallest absolute Gasteiger partial charge is 0.257 e.